The summed E-state index contributed by atoms with van der Waals surface area (Å²) in [5.74, 6) is 0. The van der Waals surface area contributed by atoms with Gasteiger partial charge in [-0.2, -0.15) is 0 Å². The topological polar surface area (TPSA) is 82.6 Å². The smallest absolute Gasteiger partial charge is 0.407 e. The van der Waals surface area contributed by atoms with Crippen LogP contribution in [-0.2, 0) is 11.3 Å². The number of anilines is 2. The lowest BCUT2D eigenvalue weighted by molar-refractivity contribution is 0.0523. The number of nitrogens with one attached hydrogen (secondary N) is 3. The third kappa shape index (κ3) is 5.54. The molecule has 3 aromatic rings. The Labute approximate surface area is 194 Å². The van der Waals surface area contributed by atoms with Crippen molar-refractivity contribution in [2.24, 2.45) is 0 Å². The molecular formula is C27H29N3O3. The van der Waals surface area contributed by atoms with Gasteiger partial charge in [-0.1, -0.05) is 60.7 Å². The summed E-state index contributed by atoms with van der Waals surface area (Å²) >= 11 is 0. The van der Waals surface area contributed by atoms with Crippen molar-refractivity contribution in [2.45, 2.75) is 39.1 Å². The van der Waals surface area contributed by atoms with Crippen molar-refractivity contribution in [3.05, 3.63) is 95.6 Å². The molecule has 3 aromatic carbocycles. The number of alkyl carbamates (subject to hydrolysis) is 1. The maximum atomic E-state index is 12.0. The number of carbonyl (C=O) groups excluding carboxylic acids is 1. The van der Waals surface area contributed by atoms with Crippen molar-refractivity contribution < 1.29 is 14.6 Å². The summed E-state index contributed by atoms with van der Waals surface area (Å²) in [4.78, 5) is 12.0. The Hall–Kier alpha value is -3.77. The number of para-hydroxylation sites is 1. The zero-order chi connectivity index (χ0) is 23.4. The Morgan fingerprint density at radius 3 is 2.48 bits per heavy atom. The fourth-order valence-corrected chi connectivity index (χ4v) is 3.77. The van der Waals surface area contributed by atoms with Crippen LogP contribution in [0.1, 0.15) is 37.5 Å². The van der Waals surface area contributed by atoms with Gasteiger partial charge < -0.3 is 25.8 Å². The molecule has 1 aliphatic rings. The molecule has 6 heteroatoms. The molecule has 0 saturated carbocycles. The molecule has 0 fully saturated rings. The van der Waals surface area contributed by atoms with E-state index >= 15 is 0 Å². The number of fused-ring (bicyclic) bond motifs is 1. The van der Waals surface area contributed by atoms with Crippen LogP contribution in [0.3, 0.4) is 0 Å². The third-order valence-corrected chi connectivity index (χ3v) is 5.15. The molecule has 1 atom stereocenters. The predicted molar refractivity (Wildman–Crippen MR) is 132 cm³/mol. The van der Waals surface area contributed by atoms with Gasteiger partial charge in [0.1, 0.15) is 5.60 Å². The van der Waals surface area contributed by atoms with Gasteiger partial charge in [-0.15, -0.1) is 0 Å². The van der Waals surface area contributed by atoms with Crippen LogP contribution in [0.4, 0.5) is 16.2 Å². The summed E-state index contributed by atoms with van der Waals surface area (Å²) in [5, 5.41) is 20.3. The van der Waals surface area contributed by atoms with Crippen molar-refractivity contribution in [3.8, 4) is 0 Å². The Balaban J connectivity index is 1.63. The number of hydrogen-bond donors (Lipinski definition) is 4. The van der Waals surface area contributed by atoms with Crippen LogP contribution in [0, 0.1) is 0 Å². The molecule has 0 radical (unpaired) electrons. The number of hydrogen-bond acceptors (Lipinski definition) is 5. The number of ether oxygens (including phenoxy) is 1. The molecule has 1 heterocycles. The lowest BCUT2D eigenvalue weighted by Crippen LogP contribution is -2.32. The van der Waals surface area contributed by atoms with E-state index in [0.717, 1.165) is 39.3 Å². The molecule has 0 saturated heterocycles. The van der Waals surface area contributed by atoms with Gasteiger partial charge in [0, 0.05) is 29.1 Å². The first-order valence-electron chi connectivity index (χ1n) is 11.0. The molecule has 0 aromatic heterocycles. The summed E-state index contributed by atoms with van der Waals surface area (Å²) < 4.78 is 5.32. The first kappa shape index (κ1) is 22.4. The molecule has 4 N–H and O–H groups in total. The van der Waals surface area contributed by atoms with E-state index in [4.69, 9.17) is 4.74 Å². The van der Waals surface area contributed by atoms with E-state index in [2.05, 4.69) is 16.0 Å². The van der Waals surface area contributed by atoms with E-state index in [-0.39, 0.29) is 0 Å². The first-order valence-corrected chi connectivity index (χ1v) is 11.0. The second-order valence-electron chi connectivity index (χ2n) is 8.93. The first-order chi connectivity index (χ1) is 15.8. The fraction of sp³-hybridized carbons (Fsp3) is 0.222. The Kier molecular flexibility index (Phi) is 6.38. The monoisotopic (exact) mass is 443 g/mol. The minimum absolute atomic E-state index is 0.342. The van der Waals surface area contributed by atoms with Crippen LogP contribution in [0.5, 0.6) is 0 Å². The van der Waals surface area contributed by atoms with E-state index in [9.17, 15) is 9.90 Å². The van der Waals surface area contributed by atoms with Crippen LogP contribution in [0.2, 0.25) is 0 Å². The standard InChI is InChI=1S/C27H29N3O3/c1-27(2,3)33-26(32)28-17-18-10-9-13-20(16-18)29-24(19-11-5-4-6-12-19)23-21-14-7-8-15-22(21)30-25(23)31/h4-16,25,29-31H,17H2,1-3H3,(H,28,32)/b24-23-. The zero-order valence-electron chi connectivity index (χ0n) is 19.1. The third-order valence-electron chi connectivity index (χ3n) is 5.15. The highest BCUT2D eigenvalue weighted by Gasteiger charge is 2.28. The van der Waals surface area contributed by atoms with Crippen LogP contribution >= 0.6 is 0 Å². The van der Waals surface area contributed by atoms with Crippen LogP contribution in [-0.4, -0.2) is 23.0 Å². The summed E-state index contributed by atoms with van der Waals surface area (Å²) in [6, 6.07) is 25.6. The van der Waals surface area contributed by atoms with Gasteiger partial charge in [-0.05, 0) is 50.1 Å². The Morgan fingerprint density at radius 1 is 1.00 bits per heavy atom. The van der Waals surface area contributed by atoms with Crippen LogP contribution in [0.15, 0.2) is 78.9 Å². The molecule has 0 bridgehead atoms. The molecule has 1 unspecified atom stereocenters. The van der Waals surface area contributed by atoms with Crippen molar-refractivity contribution in [1.29, 1.82) is 0 Å². The lowest BCUT2D eigenvalue weighted by Gasteiger charge is -2.20. The number of carbonyl (C=O) groups is 1. The van der Waals surface area contributed by atoms with Gasteiger partial charge in [0.05, 0.1) is 5.70 Å². The normalized spacial score (nSPS) is 16.4. The molecule has 0 aliphatic carbocycles. The second-order valence-corrected chi connectivity index (χ2v) is 8.93. The molecule has 1 amide bonds. The maximum absolute atomic E-state index is 12.0. The SMILES string of the molecule is CC(C)(C)OC(=O)NCc1cccc(N/C(=C2/c3ccccc3NC2O)c2ccccc2)c1. The Bertz CT molecular complexity index is 1170. The van der Waals surface area contributed by atoms with Crippen molar-refractivity contribution >= 4 is 28.7 Å². The molecule has 1 aliphatic heterocycles. The number of aliphatic hydroxyl groups is 1. The van der Waals surface area contributed by atoms with Gasteiger partial charge >= 0.3 is 6.09 Å². The largest absolute Gasteiger partial charge is 0.444 e. The van der Waals surface area contributed by atoms with Gasteiger partial charge in [0.2, 0.25) is 0 Å². The molecule has 33 heavy (non-hydrogen) atoms. The van der Waals surface area contributed by atoms with E-state index in [0.29, 0.717) is 6.54 Å². The van der Waals surface area contributed by atoms with E-state index < -0.39 is 17.9 Å². The quantitative estimate of drug-likeness (QED) is 0.422. The molecule has 6 nitrogen and oxygen atoms in total. The summed E-state index contributed by atoms with van der Waals surface area (Å²) in [7, 11) is 0. The lowest BCUT2D eigenvalue weighted by atomic mass is 9.99. The number of amides is 1. The van der Waals surface area contributed by atoms with Crippen molar-refractivity contribution in [1.82, 2.24) is 5.32 Å². The van der Waals surface area contributed by atoms with Crippen LogP contribution in [0.25, 0.3) is 11.3 Å². The average Bonchev–Trinajstić information content (AvgIpc) is 3.11. The fourth-order valence-electron chi connectivity index (χ4n) is 3.77. The summed E-state index contributed by atoms with van der Waals surface area (Å²) in [6.07, 6.45) is -1.29. The van der Waals surface area contributed by atoms with Gasteiger partial charge in [0.25, 0.3) is 0 Å². The number of aliphatic hydroxyl groups excluding tert-OH is 1. The van der Waals surface area contributed by atoms with E-state index in [1.54, 1.807) is 0 Å². The average molecular weight is 444 g/mol. The van der Waals surface area contributed by atoms with E-state index in [1.807, 2.05) is 99.6 Å². The van der Waals surface area contributed by atoms with Crippen LogP contribution < -0.4 is 16.0 Å². The highest BCUT2D eigenvalue weighted by molar-refractivity contribution is 6.03. The zero-order valence-corrected chi connectivity index (χ0v) is 19.1. The van der Waals surface area contributed by atoms with Gasteiger partial charge in [-0.25, -0.2) is 4.79 Å². The van der Waals surface area contributed by atoms with Gasteiger partial charge in [0.15, 0.2) is 6.23 Å². The molecular weight excluding hydrogens is 414 g/mol. The molecule has 4 rings (SSSR count). The number of rotatable bonds is 5. The minimum atomic E-state index is -0.831. The Morgan fingerprint density at radius 2 is 1.73 bits per heavy atom. The number of benzene rings is 3. The van der Waals surface area contributed by atoms with Crippen molar-refractivity contribution in [2.75, 3.05) is 10.6 Å². The summed E-state index contributed by atoms with van der Waals surface area (Å²) in [5.41, 5.74) is 5.64. The molecule has 0 spiro atoms. The summed E-state index contributed by atoms with van der Waals surface area (Å²) in [6.45, 7) is 5.84. The van der Waals surface area contributed by atoms with Crippen molar-refractivity contribution in [3.63, 3.8) is 0 Å². The maximum Gasteiger partial charge on any atom is 0.407 e. The molecule has 170 valence electrons. The highest BCUT2D eigenvalue weighted by atomic mass is 16.6. The minimum Gasteiger partial charge on any atom is -0.444 e. The van der Waals surface area contributed by atoms with E-state index in [1.165, 1.54) is 0 Å². The second kappa shape index (κ2) is 9.38. The highest BCUT2D eigenvalue weighted by Crippen LogP contribution is 2.39. The van der Waals surface area contributed by atoms with Gasteiger partial charge in [-0.3, -0.25) is 0 Å². The predicted octanol–water partition coefficient (Wildman–Crippen LogP) is 5.44.